The minimum atomic E-state index is -1.56. The van der Waals surface area contributed by atoms with Crippen molar-refractivity contribution in [3.8, 4) is 5.75 Å². The number of hydrogen-bond acceptors (Lipinski definition) is 10. The molecule has 5 atom stereocenters. The van der Waals surface area contributed by atoms with E-state index in [1.54, 1.807) is 12.1 Å². The largest absolute Gasteiger partial charge is 0.462 e. The highest BCUT2D eigenvalue weighted by Gasteiger charge is 2.46. The number of ether oxygens (including phenoxy) is 4. The van der Waals surface area contributed by atoms with E-state index >= 15 is 0 Å². The smallest absolute Gasteiger partial charge is 0.306 e. The van der Waals surface area contributed by atoms with Gasteiger partial charge >= 0.3 is 11.9 Å². The Hall–Kier alpha value is -3.54. The van der Waals surface area contributed by atoms with Crippen molar-refractivity contribution in [2.75, 3.05) is 0 Å². The van der Waals surface area contributed by atoms with Crippen molar-refractivity contribution in [2.24, 2.45) is 0 Å². The first kappa shape index (κ1) is 25.1. The van der Waals surface area contributed by atoms with E-state index in [1.165, 1.54) is 31.2 Å². The summed E-state index contributed by atoms with van der Waals surface area (Å²) in [7, 11) is 0. The summed E-state index contributed by atoms with van der Waals surface area (Å²) < 4.78 is 21.3. The van der Waals surface area contributed by atoms with Crippen LogP contribution in [0.25, 0.3) is 0 Å². The van der Waals surface area contributed by atoms with Crippen LogP contribution in [0.1, 0.15) is 25.3 Å². The van der Waals surface area contributed by atoms with Crippen LogP contribution in [0.2, 0.25) is 0 Å². The highest BCUT2D eigenvalue weighted by atomic mass is 16.7. The van der Waals surface area contributed by atoms with Crippen LogP contribution in [-0.2, 0) is 30.4 Å². The van der Waals surface area contributed by atoms with Crippen molar-refractivity contribution in [3.63, 3.8) is 0 Å². The van der Waals surface area contributed by atoms with Gasteiger partial charge in [0.1, 0.15) is 18.5 Å². The number of non-ortho nitro benzene ring substituents is 1. The Labute approximate surface area is 195 Å². The zero-order valence-corrected chi connectivity index (χ0v) is 18.3. The van der Waals surface area contributed by atoms with E-state index in [2.05, 4.69) is 0 Å². The topological polar surface area (TPSA) is 155 Å². The molecule has 2 aromatic rings. The lowest BCUT2D eigenvalue weighted by molar-refractivity contribution is -0.384. The third-order valence-electron chi connectivity index (χ3n) is 5.12. The van der Waals surface area contributed by atoms with E-state index in [4.69, 9.17) is 18.9 Å². The van der Waals surface area contributed by atoms with E-state index in [0.717, 1.165) is 5.56 Å². The summed E-state index contributed by atoms with van der Waals surface area (Å²) in [5.41, 5.74) is 0.662. The quantitative estimate of drug-likeness (QED) is 0.312. The maximum absolute atomic E-state index is 12.3. The molecule has 1 aliphatic rings. The van der Waals surface area contributed by atoms with Gasteiger partial charge in [0.15, 0.2) is 12.2 Å². The summed E-state index contributed by atoms with van der Waals surface area (Å²) in [5.74, 6) is -1.24. The van der Waals surface area contributed by atoms with Crippen molar-refractivity contribution >= 4 is 17.6 Å². The van der Waals surface area contributed by atoms with Gasteiger partial charge in [-0.25, -0.2) is 0 Å². The van der Waals surface area contributed by atoms with Crippen LogP contribution in [0.15, 0.2) is 54.6 Å². The van der Waals surface area contributed by atoms with Crippen LogP contribution in [0.5, 0.6) is 5.75 Å². The Morgan fingerprint density at radius 1 is 1.00 bits per heavy atom. The van der Waals surface area contributed by atoms with Crippen molar-refractivity contribution in [3.05, 3.63) is 70.3 Å². The fourth-order valence-electron chi connectivity index (χ4n) is 3.24. The molecule has 1 aliphatic heterocycles. The van der Waals surface area contributed by atoms with Crippen LogP contribution in [0.3, 0.4) is 0 Å². The molecule has 2 N–H and O–H groups in total. The molecule has 11 heteroatoms. The van der Waals surface area contributed by atoms with E-state index in [9.17, 15) is 29.9 Å². The predicted octanol–water partition coefficient (Wildman–Crippen LogP) is 1.88. The number of hydrogen-bond donors (Lipinski definition) is 2. The molecule has 0 radical (unpaired) electrons. The molecular formula is C23H25NO10. The van der Waals surface area contributed by atoms with Crippen LogP contribution < -0.4 is 4.74 Å². The number of rotatable bonds is 9. The molecule has 0 saturated carbocycles. The van der Waals surface area contributed by atoms with Crippen molar-refractivity contribution < 1.29 is 43.7 Å². The minimum absolute atomic E-state index is 0.0747. The molecule has 1 heterocycles. The van der Waals surface area contributed by atoms with Gasteiger partial charge in [-0.1, -0.05) is 30.3 Å². The lowest BCUT2D eigenvalue weighted by atomic mass is 9.99. The Bertz CT molecular complexity index is 981. The molecule has 0 aromatic heterocycles. The summed E-state index contributed by atoms with van der Waals surface area (Å²) >= 11 is 0. The number of aliphatic hydroxyl groups excluding tert-OH is 2. The molecule has 34 heavy (non-hydrogen) atoms. The van der Waals surface area contributed by atoms with E-state index in [-0.39, 0.29) is 30.9 Å². The fraction of sp³-hybridized carbons (Fsp3) is 0.391. The monoisotopic (exact) mass is 475 g/mol. The van der Waals surface area contributed by atoms with Gasteiger partial charge < -0.3 is 29.2 Å². The van der Waals surface area contributed by atoms with Gasteiger partial charge in [-0.15, -0.1) is 0 Å². The average molecular weight is 475 g/mol. The highest BCUT2D eigenvalue weighted by molar-refractivity contribution is 5.77. The zero-order chi connectivity index (χ0) is 24.7. The number of aliphatic hydroxyl groups is 2. The van der Waals surface area contributed by atoms with Gasteiger partial charge in [-0.05, 0) is 24.6 Å². The number of esters is 2. The average Bonchev–Trinajstić information content (AvgIpc) is 2.83. The fourth-order valence-corrected chi connectivity index (χ4v) is 3.24. The van der Waals surface area contributed by atoms with Crippen molar-refractivity contribution in [2.45, 2.75) is 57.1 Å². The second-order valence-electron chi connectivity index (χ2n) is 7.66. The molecule has 2 aromatic carbocycles. The molecule has 0 aliphatic carbocycles. The Morgan fingerprint density at radius 2 is 1.65 bits per heavy atom. The first-order valence-electron chi connectivity index (χ1n) is 10.6. The Kier molecular flexibility index (Phi) is 8.52. The maximum Gasteiger partial charge on any atom is 0.306 e. The van der Waals surface area contributed by atoms with Crippen LogP contribution in [0, 0.1) is 10.1 Å². The standard InChI is InChI=1S/C23H25NO10/c1-14-20(27)22(21(28)23(32-14)33-17-9-7-16(8-10-17)24(29)30)34-19(26)12-11-18(25)31-13-15-5-3-2-4-6-15/h2-10,14,20-23,27-28H,11-13H2,1H3/t14-,20+,21-,22+,23+/m0/s1. The molecule has 0 unspecified atom stereocenters. The van der Waals surface area contributed by atoms with Crippen LogP contribution in [0.4, 0.5) is 5.69 Å². The first-order valence-corrected chi connectivity index (χ1v) is 10.6. The van der Waals surface area contributed by atoms with Gasteiger partial charge in [0.05, 0.1) is 23.9 Å². The summed E-state index contributed by atoms with van der Waals surface area (Å²) in [4.78, 5) is 34.4. The van der Waals surface area contributed by atoms with Crippen molar-refractivity contribution in [1.29, 1.82) is 0 Å². The van der Waals surface area contributed by atoms with E-state index < -0.39 is 47.6 Å². The Balaban J connectivity index is 1.52. The molecule has 182 valence electrons. The number of carbonyl (C=O) groups excluding carboxylic acids is 2. The maximum atomic E-state index is 12.3. The third kappa shape index (κ3) is 6.73. The Morgan fingerprint density at radius 3 is 2.29 bits per heavy atom. The molecule has 0 bridgehead atoms. The lowest BCUT2D eigenvalue weighted by Gasteiger charge is -2.40. The van der Waals surface area contributed by atoms with Gasteiger partial charge in [0.2, 0.25) is 6.29 Å². The third-order valence-corrected chi connectivity index (χ3v) is 5.12. The molecule has 11 nitrogen and oxygen atoms in total. The van der Waals surface area contributed by atoms with Gasteiger partial charge in [0, 0.05) is 12.1 Å². The number of nitro benzene ring substituents is 1. The first-order chi connectivity index (χ1) is 16.2. The molecule has 1 fully saturated rings. The molecular weight excluding hydrogens is 450 g/mol. The summed E-state index contributed by atoms with van der Waals surface area (Å²) in [5, 5.41) is 31.7. The zero-order valence-electron chi connectivity index (χ0n) is 18.3. The van der Waals surface area contributed by atoms with Crippen molar-refractivity contribution in [1.82, 2.24) is 0 Å². The lowest BCUT2D eigenvalue weighted by Crippen LogP contribution is -2.59. The molecule has 3 rings (SSSR count). The number of nitrogens with zero attached hydrogens (tertiary/aromatic N) is 1. The number of carbonyl (C=O) groups is 2. The predicted molar refractivity (Wildman–Crippen MR) is 115 cm³/mol. The van der Waals surface area contributed by atoms with Crippen LogP contribution >= 0.6 is 0 Å². The van der Waals surface area contributed by atoms with E-state index in [1.807, 2.05) is 18.2 Å². The minimum Gasteiger partial charge on any atom is -0.462 e. The SMILES string of the molecule is C[C@@H]1O[C@H](Oc2ccc([N+](=O)[O-])cc2)[C@@H](O)[C@H](OC(=O)CCC(=O)OCc2ccccc2)[C@@H]1O. The molecule has 0 amide bonds. The summed E-state index contributed by atoms with van der Waals surface area (Å²) in [6.45, 7) is 1.58. The molecule has 0 spiro atoms. The molecule has 1 saturated heterocycles. The second kappa shape index (κ2) is 11.5. The van der Waals surface area contributed by atoms with Gasteiger partial charge in [0.25, 0.3) is 5.69 Å². The summed E-state index contributed by atoms with van der Waals surface area (Å²) in [6, 6.07) is 14.1. The number of benzene rings is 2. The second-order valence-corrected chi connectivity index (χ2v) is 7.66. The van der Waals surface area contributed by atoms with Gasteiger partial charge in [-0.2, -0.15) is 0 Å². The summed E-state index contributed by atoms with van der Waals surface area (Å²) in [6.07, 6.45) is -7.00. The highest BCUT2D eigenvalue weighted by Crippen LogP contribution is 2.27. The normalized spacial score (nSPS) is 24.1. The van der Waals surface area contributed by atoms with Crippen LogP contribution in [-0.4, -0.2) is 57.8 Å². The van der Waals surface area contributed by atoms with Gasteiger partial charge in [-0.3, -0.25) is 19.7 Å². The van der Waals surface area contributed by atoms with E-state index in [0.29, 0.717) is 0 Å². The number of nitro groups is 1.